The van der Waals surface area contributed by atoms with Gasteiger partial charge in [0.25, 0.3) is 0 Å². The molecule has 0 unspecified atom stereocenters. The Bertz CT molecular complexity index is 790. The second kappa shape index (κ2) is 8.85. The number of esters is 1. The summed E-state index contributed by atoms with van der Waals surface area (Å²) in [5, 5.41) is 4.59. The van der Waals surface area contributed by atoms with Crippen LogP contribution in [0.4, 0.5) is 0 Å². The maximum Gasteiger partial charge on any atom is 0.325 e. The standard InChI is InChI=1S/C19H24N2O3S/c1-5-14-9-15-13(4)7-12(3)8-16(15)21-19(14)25-11-17(22)20-10-18(23)24-6-2/h7-9H,5-6,10-11H2,1-4H3,(H,20,22). The summed E-state index contributed by atoms with van der Waals surface area (Å²) in [7, 11) is 0. The first-order chi connectivity index (χ1) is 11.9. The number of thioether (sulfide) groups is 1. The zero-order valence-corrected chi connectivity index (χ0v) is 16.0. The predicted molar refractivity (Wildman–Crippen MR) is 101 cm³/mol. The molecule has 0 radical (unpaired) electrons. The van der Waals surface area contributed by atoms with Gasteiger partial charge in [0.1, 0.15) is 11.6 Å². The first-order valence-electron chi connectivity index (χ1n) is 8.40. The van der Waals surface area contributed by atoms with Crippen LogP contribution in [0.5, 0.6) is 0 Å². The van der Waals surface area contributed by atoms with Gasteiger partial charge < -0.3 is 10.1 Å². The molecule has 1 amide bonds. The highest BCUT2D eigenvalue weighted by Crippen LogP contribution is 2.27. The number of rotatable bonds is 7. The van der Waals surface area contributed by atoms with Gasteiger partial charge in [-0.15, -0.1) is 0 Å². The number of hydrogen-bond donors (Lipinski definition) is 1. The highest BCUT2D eigenvalue weighted by molar-refractivity contribution is 7.99. The van der Waals surface area contributed by atoms with E-state index in [9.17, 15) is 9.59 Å². The van der Waals surface area contributed by atoms with Crippen LogP contribution >= 0.6 is 11.8 Å². The third kappa shape index (κ3) is 5.19. The highest BCUT2D eigenvalue weighted by Gasteiger charge is 2.12. The van der Waals surface area contributed by atoms with E-state index in [-0.39, 0.29) is 18.2 Å². The van der Waals surface area contributed by atoms with Crippen molar-refractivity contribution in [2.75, 3.05) is 18.9 Å². The van der Waals surface area contributed by atoms with Crippen molar-refractivity contribution >= 4 is 34.5 Å². The number of carbonyl (C=O) groups excluding carboxylic acids is 2. The van der Waals surface area contributed by atoms with Crippen LogP contribution in [0.15, 0.2) is 23.2 Å². The van der Waals surface area contributed by atoms with Crippen LogP contribution in [-0.4, -0.2) is 35.8 Å². The Balaban J connectivity index is 2.09. The lowest BCUT2D eigenvalue weighted by atomic mass is 10.0. The Labute approximate surface area is 152 Å². The largest absolute Gasteiger partial charge is 0.465 e. The molecule has 0 aliphatic rings. The lowest BCUT2D eigenvalue weighted by Crippen LogP contribution is -2.31. The first-order valence-corrected chi connectivity index (χ1v) is 9.39. The van der Waals surface area contributed by atoms with Gasteiger partial charge in [-0.25, -0.2) is 4.98 Å². The molecule has 1 N–H and O–H groups in total. The van der Waals surface area contributed by atoms with Crippen LogP contribution < -0.4 is 5.32 Å². The fourth-order valence-corrected chi connectivity index (χ4v) is 3.52. The Morgan fingerprint density at radius 2 is 1.96 bits per heavy atom. The maximum absolute atomic E-state index is 11.9. The Morgan fingerprint density at radius 1 is 1.20 bits per heavy atom. The van der Waals surface area contributed by atoms with Gasteiger partial charge in [-0.3, -0.25) is 9.59 Å². The molecule has 2 aromatic rings. The summed E-state index contributed by atoms with van der Waals surface area (Å²) in [6, 6.07) is 6.38. The molecule has 5 nitrogen and oxygen atoms in total. The summed E-state index contributed by atoms with van der Waals surface area (Å²) in [4.78, 5) is 28.0. The van der Waals surface area contributed by atoms with Crippen molar-refractivity contribution in [3.63, 3.8) is 0 Å². The minimum atomic E-state index is -0.426. The van der Waals surface area contributed by atoms with Crippen LogP contribution in [0.2, 0.25) is 0 Å². The van der Waals surface area contributed by atoms with Crippen LogP contribution in [0.1, 0.15) is 30.5 Å². The molecular formula is C19H24N2O3S. The first kappa shape index (κ1) is 19.2. The molecule has 0 fully saturated rings. The summed E-state index contributed by atoms with van der Waals surface area (Å²) in [5.74, 6) is -0.414. The molecule has 1 aromatic heterocycles. The Hall–Kier alpha value is -2.08. The maximum atomic E-state index is 11.9. The Morgan fingerprint density at radius 3 is 2.64 bits per heavy atom. The van der Waals surface area contributed by atoms with Crippen molar-refractivity contribution in [1.29, 1.82) is 0 Å². The number of aryl methyl sites for hydroxylation is 3. The smallest absolute Gasteiger partial charge is 0.325 e. The summed E-state index contributed by atoms with van der Waals surface area (Å²) < 4.78 is 4.79. The molecule has 2 rings (SSSR count). The van der Waals surface area contributed by atoms with E-state index in [1.165, 1.54) is 22.9 Å². The van der Waals surface area contributed by atoms with Crippen LogP contribution in [0.3, 0.4) is 0 Å². The summed E-state index contributed by atoms with van der Waals surface area (Å²) >= 11 is 1.40. The molecule has 134 valence electrons. The van der Waals surface area contributed by atoms with Gasteiger partial charge in [-0.05, 0) is 56.0 Å². The number of pyridine rings is 1. The third-order valence-electron chi connectivity index (χ3n) is 3.78. The lowest BCUT2D eigenvalue weighted by molar-refractivity contribution is -0.143. The molecule has 1 heterocycles. The SMILES string of the molecule is CCOC(=O)CNC(=O)CSc1nc2cc(C)cc(C)c2cc1CC. The van der Waals surface area contributed by atoms with Crippen molar-refractivity contribution in [2.24, 2.45) is 0 Å². The van der Waals surface area contributed by atoms with Gasteiger partial charge >= 0.3 is 5.97 Å². The molecule has 0 atom stereocenters. The van der Waals surface area contributed by atoms with Crippen LogP contribution in [0.25, 0.3) is 10.9 Å². The second-order valence-electron chi connectivity index (χ2n) is 5.83. The number of ether oxygens (including phenoxy) is 1. The van der Waals surface area contributed by atoms with Gasteiger partial charge in [-0.1, -0.05) is 24.8 Å². The predicted octanol–water partition coefficient (Wildman–Crippen LogP) is 3.19. The van der Waals surface area contributed by atoms with E-state index in [4.69, 9.17) is 9.72 Å². The van der Waals surface area contributed by atoms with Gasteiger partial charge in [0, 0.05) is 5.39 Å². The number of aromatic nitrogens is 1. The summed E-state index contributed by atoms with van der Waals surface area (Å²) in [6.45, 7) is 8.16. The molecule has 0 aliphatic heterocycles. The van der Waals surface area contributed by atoms with Gasteiger partial charge in [0.2, 0.25) is 5.91 Å². The average molecular weight is 360 g/mol. The molecule has 0 saturated heterocycles. The zero-order valence-electron chi connectivity index (χ0n) is 15.1. The number of carbonyl (C=O) groups is 2. The molecule has 25 heavy (non-hydrogen) atoms. The lowest BCUT2D eigenvalue weighted by Gasteiger charge is -2.11. The van der Waals surface area contributed by atoms with Crippen LogP contribution in [-0.2, 0) is 20.7 Å². The quantitative estimate of drug-likeness (QED) is 0.607. The zero-order chi connectivity index (χ0) is 18.4. The van der Waals surface area contributed by atoms with E-state index in [2.05, 4.69) is 44.3 Å². The number of nitrogens with one attached hydrogen (secondary N) is 1. The van der Waals surface area contributed by atoms with Crippen molar-refractivity contribution in [1.82, 2.24) is 10.3 Å². The molecule has 0 aliphatic carbocycles. The second-order valence-corrected chi connectivity index (χ2v) is 6.79. The van der Waals surface area contributed by atoms with Crippen molar-refractivity contribution < 1.29 is 14.3 Å². The van der Waals surface area contributed by atoms with Crippen molar-refractivity contribution in [3.8, 4) is 0 Å². The number of hydrogen-bond acceptors (Lipinski definition) is 5. The van der Waals surface area contributed by atoms with Gasteiger partial charge in [-0.2, -0.15) is 0 Å². The monoisotopic (exact) mass is 360 g/mol. The van der Waals surface area contributed by atoms with E-state index >= 15 is 0 Å². The summed E-state index contributed by atoms with van der Waals surface area (Å²) in [5.41, 5.74) is 4.46. The minimum absolute atomic E-state index is 0.0998. The topological polar surface area (TPSA) is 68.3 Å². The van der Waals surface area contributed by atoms with Crippen molar-refractivity contribution in [2.45, 2.75) is 39.1 Å². The van der Waals surface area contributed by atoms with E-state index in [1.807, 2.05) is 0 Å². The number of nitrogens with zero attached hydrogens (tertiary/aromatic N) is 1. The number of fused-ring (bicyclic) bond motifs is 1. The van der Waals surface area contributed by atoms with Gasteiger partial charge in [0.05, 0.1) is 17.9 Å². The fraction of sp³-hybridized carbons (Fsp3) is 0.421. The van der Waals surface area contributed by atoms with E-state index < -0.39 is 5.97 Å². The highest BCUT2D eigenvalue weighted by atomic mass is 32.2. The van der Waals surface area contributed by atoms with Crippen molar-refractivity contribution in [3.05, 3.63) is 34.9 Å². The van der Waals surface area contributed by atoms with Crippen LogP contribution in [0, 0.1) is 13.8 Å². The molecule has 1 aromatic carbocycles. The number of amides is 1. The van der Waals surface area contributed by atoms with E-state index in [0.717, 1.165) is 27.9 Å². The summed E-state index contributed by atoms with van der Waals surface area (Å²) in [6.07, 6.45) is 0.850. The average Bonchev–Trinajstić information content (AvgIpc) is 2.57. The molecule has 0 bridgehead atoms. The fourth-order valence-electron chi connectivity index (χ4n) is 2.60. The van der Waals surface area contributed by atoms with Gasteiger partial charge in [0.15, 0.2) is 0 Å². The molecule has 0 spiro atoms. The normalized spacial score (nSPS) is 10.7. The third-order valence-corrected chi connectivity index (χ3v) is 4.81. The Kier molecular flexibility index (Phi) is 6.82. The van der Waals surface area contributed by atoms with E-state index in [1.54, 1.807) is 6.92 Å². The molecule has 6 heteroatoms. The number of benzene rings is 1. The van der Waals surface area contributed by atoms with E-state index in [0.29, 0.717) is 6.61 Å². The molecular weight excluding hydrogens is 336 g/mol. The molecule has 0 saturated carbocycles. The minimum Gasteiger partial charge on any atom is -0.465 e.